The van der Waals surface area contributed by atoms with Crippen molar-refractivity contribution in [2.45, 2.75) is 34.1 Å². The fraction of sp³-hybridized carbons (Fsp3) is 0.333. The third kappa shape index (κ3) is 5.78. The van der Waals surface area contributed by atoms with E-state index in [9.17, 15) is 19.2 Å². The van der Waals surface area contributed by atoms with Crippen molar-refractivity contribution in [1.82, 2.24) is 0 Å². The van der Waals surface area contributed by atoms with Crippen LogP contribution in [0.4, 0.5) is 5.88 Å². The Morgan fingerprint density at radius 1 is 1.00 bits per heavy atom. The normalized spacial score (nSPS) is 10.3. The van der Waals surface area contributed by atoms with E-state index in [1.54, 1.807) is 19.1 Å². The fourth-order valence-electron chi connectivity index (χ4n) is 2.69. The molecule has 8 nitrogen and oxygen atoms in total. The summed E-state index contributed by atoms with van der Waals surface area (Å²) in [6, 6.07) is 7.35. The smallest absolute Gasteiger partial charge is 0.344 e. The van der Waals surface area contributed by atoms with E-state index in [-0.39, 0.29) is 35.8 Å². The number of anilines is 1. The van der Waals surface area contributed by atoms with E-state index in [1.807, 2.05) is 19.1 Å². The van der Waals surface area contributed by atoms with Crippen molar-refractivity contribution in [3.05, 3.63) is 52.3 Å². The summed E-state index contributed by atoms with van der Waals surface area (Å²) in [5, 5.41) is 2.36. The standard InChI is InChI=1S/C21H23NO7/c1-5-27-21(26)19-18(13(3)23)14(4)29-20(19)22-16(24)11-28-17(25)10-15-8-6-12(2)7-9-15/h6-9H,5,10-11H2,1-4H3,(H,22,24). The summed E-state index contributed by atoms with van der Waals surface area (Å²) in [5.74, 6) is -2.52. The number of amides is 1. The van der Waals surface area contributed by atoms with Gasteiger partial charge in [0.05, 0.1) is 18.6 Å². The number of furan rings is 1. The summed E-state index contributed by atoms with van der Waals surface area (Å²) in [5.41, 5.74) is 1.71. The van der Waals surface area contributed by atoms with Crippen molar-refractivity contribution in [2.75, 3.05) is 18.5 Å². The molecule has 29 heavy (non-hydrogen) atoms. The lowest BCUT2D eigenvalue weighted by Gasteiger charge is -2.07. The molecule has 1 N–H and O–H groups in total. The number of ether oxygens (including phenoxy) is 2. The van der Waals surface area contributed by atoms with Gasteiger partial charge in [-0.2, -0.15) is 0 Å². The summed E-state index contributed by atoms with van der Waals surface area (Å²) in [6.45, 7) is 5.84. The molecule has 1 aromatic heterocycles. The molecule has 0 aliphatic heterocycles. The Morgan fingerprint density at radius 3 is 2.24 bits per heavy atom. The molecule has 0 saturated carbocycles. The van der Waals surface area contributed by atoms with Crippen LogP contribution in [0.25, 0.3) is 0 Å². The zero-order chi connectivity index (χ0) is 21.6. The van der Waals surface area contributed by atoms with Crippen molar-refractivity contribution in [1.29, 1.82) is 0 Å². The minimum absolute atomic E-state index is 0.0238. The number of hydrogen-bond acceptors (Lipinski definition) is 7. The first-order valence-corrected chi connectivity index (χ1v) is 9.05. The second-order valence-corrected chi connectivity index (χ2v) is 6.39. The topological polar surface area (TPSA) is 112 Å². The average Bonchev–Trinajstić information content (AvgIpc) is 2.98. The monoisotopic (exact) mass is 401 g/mol. The Kier molecular flexibility index (Phi) is 7.30. The second kappa shape index (κ2) is 9.68. The molecular weight excluding hydrogens is 378 g/mol. The maximum absolute atomic E-state index is 12.2. The van der Waals surface area contributed by atoms with Gasteiger partial charge in [0.1, 0.15) is 11.3 Å². The molecule has 154 valence electrons. The molecule has 0 spiro atoms. The highest BCUT2D eigenvalue weighted by Crippen LogP contribution is 2.28. The number of hydrogen-bond donors (Lipinski definition) is 1. The fourth-order valence-corrected chi connectivity index (χ4v) is 2.69. The van der Waals surface area contributed by atoms with Crippen molar-refractivity contribution in [2.24, 2.45) is 0 Å². The van der Waals surface area contributed by atoms with Crippen LogP contribution in [0.3, 0.4) is 0 Å². The van der Waals surface area contributed by atoms with Crippen LogP contribution < -0.4 is 5.32 Å². The molecule has 0 aliphatic carbocycles. The van der Waals surface area contributed by atoms with Crippen LogP contribution in [0.2, 0.25) is 0 Å². The Labute approximate surface area is 168 Å². The zero-order valence-corrected chi connectivity index (χ0v) is 16.8. The molecular formula is C21H23NO7. The van der Waals surface area contributed by atoms with Crippen molar-refractivity contribution >= 4 is 29.5 Å². The molecule has 2 aromatic rings. The summed E-state index contributed by atoms with van der Waals surface area (Å²) in [7, 11) is 0. The molecule has 0 saturated heterocycles. The maximum Gasteiger partial charge on any atom is 0.344 e. The third-order valence-corrected chi connectivity index (χ3v) is 4.00. The van der Waals surface area contributed by atoms with E-state index in [0.29, 0.717) is 0 Å². The lowest BCUT2D eigenvalue weighted by atomic mass is 10.1. The van der Waals surface area contributed by atoms with Crippen LogP contribution in [0.15, 0.2) is 28.7 Å². The van der Waals surface area contributed by atoms with Gasteiger partial charge in [-0.3, -0.25) is 19.7 Å². The van der Waals surface area contributed by atoms with Crippen molar-refractivity contribution in [3.63, 3.8) is 0 Å². The average molecular weight is 401 g/mol. The van der Waals surface area contributed by atoms with Crippen LogP contribution in [0, 0.1) is 13.8 Å². The molecule has 0 bridgehead atoms. The molecule has 0 atom stereocenters. The van der Waals surface area contributed by atoms with Gasteiger partial charge in [-0.25, -0.2) is 4.79 Å². The van der Waals surface area contributed by atoms with Crippen molar-refractivity contribution in [3.8, 4) is 0 Å². The predicted molar refractivity (Wildman–Crippen MR) is 104 cm³/mol. The maximum atomic E-state index is 12.2. The molecule has 1 aromatic carbocycles. The number of nitrogens with one attached hydrogen (secondary N) is 1. The van der Waals surface area contributed by atoms with Gasteiger partial charge in [0.25, 0.3) is 5.91 Å². The summed E-state index contributed by atoms with van der Waals surface area (Å²) in [6.07, 6.45) is 0.0238. The molecule has 2 rings (SSSR count). The quantitative estimate of drug-likeness (QED) is 0.534. The number of carbonyl (C=O) groups is 4. The lowest BCUT2D eigenvalue weighted by Crippen LogP contribution is -2.23. The SMILES string of the molecule is CCOC(=O)c1c(NC(=O)COC(=O)Cc2ccc(C)cc2)oc(C)c1C(C)=O. The van der Waals surface area contributed by atoms with Gasteiger partial charge in [0.2, 0.25) is 5.88 Å². The third-order valence-electron chi connectivity index (χ3n) is 4.00. The molecule has 1 amide bonds. The molecule has 0 unspecified atom stereocenters. The molecule has 0 aliphatic rings. The van der Waals surface area contributed by atoms with Crippen LogP contribution in [-0.2, 0) is 25.5 Å². The van der Waals surface area contributed by atoms with E-state index in [0.717, 1.165) is 11.1 Å². The first-order chi connectivity index (χ1) is 13.7. The van der Waals surface area contributed by atoms with Gasteiger partial charge >= 0.3 is 11.9 Å². The first-order valence-electron chi connectivity index (χ1n) is 9.05. The van der Waals surface area contributed by atoms with Crippen LogP contribution in [-0.4, -0.2) is 36.8 Å². The number of Topliss-reactive ketones (excluding diaryl/α,β-unsaturated/α-hetero) is 1. The number of esters is 2. The lowest BCUT2D eigenvalue weighted by molar-refractivity contribution is -0.146. The van der Waals surface area contributed by atoms with Gasteiger partial charge in [-0.1, -0.05) is 29.8 Å². The Balaban J connectivity index is 2.03. The highest BCUT2D eigenvalue weighted by atomic mass is 16.5. The number of aryl methyl sites for hydroxylation is 2. The number of ketones is 1. The minimum atomic E-state index is -0.791. The van der Waals surface area contributed by atoms with Crippen molar-refractivity contribution < 1.29 is 33.1 Å². The summed E-state index contributed by atoms with van der Waals surface area (Å²) in [4.78, 5) is 48.1. The van der Waals surface area contributed by atoms with Gasteiger partial charge in [-0.05, 0) is 33.3 Å². The van der Waals surface area contributed by atoms with E-state index in [2.05, 4.69) is 5.32 Å². The number of benzene rings is 1. The first kappa shape index (κ1) is 21.9. The molecule has 0 radical (unpaired) electrons. The molecule has 8 heteroatoms. The van der Waals surface area contributed by atoms with E-state index in [4.69, 9.17) is 13.9 Å². The Morgan fingerprint density at radius 2 is 1.66 bits per heavy atom. The molecule has 0 fully saturated rings. The highest BCUT2D eigenvalue weighted by molar-refractivity contribution is 6.10. The molecule has 1 heterocycles. The van der Waals surface area contributed by atoms with Crippen LogP contribution in [0.1, 0.15) is 51.5 Å². The largest absolute Gasteiger partial charge is 0.462 e. The predicted octanol–water partition coefficient (Wildman–Crippen LogP) is 3.00. The van der Waals surface area contributed by atoms with Crippen LogP contribution in [0.5, 0.6) is 0 Å². The van der Waals surface area contributed by atoms with E-state index in [1.165, 1.54) is 13.8 Å². The second-order valence-electron chi connectivity index (χ2n) is 6.39. The van der Waals surface area contributed by atoms with Gasteiger partial charge < -0.3 is 13.9 Å². The highest BCUT2D eigenvalue weighted by Gasteiger charge is 2.28. The van der Waals surface area contributed by atoms with Gasteiger partial charge in [0, 0.05) is 0 Å². The van der Waals surface area contributed by atoms with Gasteiger partial charge in [0.15, 0.2) is 12.4 Å². The van der Waals surface area contributed by atoms with E-state index >= 15 is 0 Å². The van der Waals surface area contributed by atoms with Crippen LogP contribution >= 0.6 is 0 Å². The number of rotatable bonds is 8. The summed E-state index contributed by atoms with van der Waals surface area (Å²) < 4.78 is 15.3. The minimum Gasteiger partial charge on any atom is -0.462 e. The summed E-state index contributed by atoms with van der Waals surface area (Å²) >= 11 is 0. The van der Waals surface area contributed by atoms with Gasteiger partial charge in [-0.15, -0.1) is 0 Å². The van der Waals surface area contributed by atoms with E-state index < -0.39 is 30.2 Å². The Bertz CT molecular complexity index is 925. The zero-order valence-electron chi connectivity index (χ0n) is 16.8. The Hall–Kier alpha value is -3.42. The number of carbonyl (C=O) groups excluding carboxylic acids is 4.